The van der Waals surface area contributed by atoms with Gasteiger partial charge in [0.1, 0.15) is 0 Å². The van der Waals surface area contributed by atoms with Crippen LogP contribution in [0.1, 0.15) is 5.56 Å². The van der Waals surface area contributed by atoms with Crippen LogP contribution in [0.3, 0.4) is 0 Å². The van der Waals surface area contributed by atoms with E-state index in [-0.39, 0.29) is 12.2 Å². The van der Waals surface area contributed by atoms with Crippen LogP contribution in [0, 0.1) is 10.1 Å². The van der Waals surface area contributed by atoms with E-state index < -0.39 is 16.2 Å². The molecule has 1 heterocycles. The van der Waals surface area contributed by atoms with Crippen molar-refractivity contribution in [1.82, 2.24) is 9.13 Å². The Morgan fingerprint density at radius 2 is 1.66 bits per heavy atom. The van der Waals surface area contributed by atoms with Crippen LogP contribution in [-0.2, 0) is 6.54 Å². The molecule has 0 bridgehead atoms. The van der Waals surface area contributed by atoms with Crippen molar-refractivity contribution in [2.75, 3.05) is 14.2 Å². The molecule has 0 saturated carbocycles. The molecule has 0 saturated heterocycles. The SMILES string of the molecule is COc1ccc(-n2c(=O)c3ccccc3n(Cc3cccc([N+](=O)[O-])c3)c2=O)cc1OC. The predicted octanol–water partition coefficient (Wildman–Crippen LogP) is 3.13. The second-order valence-electron chi connectivity index (χ2n) is 6.99. The first-order valence-corrected chi connectivity index (χ1v) is 9.65. The summed E-state index contributed by atoms with van der Waals surface area (Å²) >= 11 is 0. The lowest BCUT2D eigenvalue weighted by atomic mass is 10.1. The second-order valence-corrected chi connectivity index (χ2v) is 6.99. The van der Waals surface area contributed by atoms with Crippen molar-refractivity contribution in [3.63, 3.8) is 0 Å². The lowest BCUT2D eigenvalue weighted by molar-refractivity contribution is -0.384. The lowest BCUT2D eigenvalue weighted by Gasteiger charge is -2.15. The topological polar surface area (TPSA) is 106 Å². The molecule has 4 aromatic rings. The van der Waals surface area contributed by atoms with E-state index in [1.165, 1.54) is 30.9 Å². The van der Waals surface area contributed by atoms with Crippen molar-refractivity contribution < 1.29 is 14.4 Å². The summed E-state index contributed by atoms with van der Waals surface area (Å²) in [5.74, 6) is 0.830. The van der Waals surface area contributed by atoms with Gasteiger partial charge in [0, 0.05) is 18.2 Å². The molecule has 4 rings (SSSR count). The van der Waals surface area contributed by atoms with Crippen LogP contribution in [0.25, 0.3) is 16.6 Å². The number of hydrogen-bond donors (Lipinski definition) is 0. The third-order valence-corrected chi connectivity index (χ3v) is 5.14. The van der Waals surface area contributed by atoms with Crippen LogP contribution >= 0.6 is 0 Å². The number of nitrogens with zero attached hydrogens (tertiary/aromatic N) is 3. The third-order valence-electron chi connectivity index (χ3n) is 5.14. The highest BCUT2D eigenvalue weighted by Gasteiger charge is 2.17. The molecule has 0 fully saturated rings. The number of nitro groups is 1. The third kappa shape index (κ3) is 3.60. The fourth-order valence-corrected chi connectivity index (χ4v) is 3.62. The number of para-hydroxylation sites is 1. The van der Waals surface area contributed by atoms with E-state index in [1.807, 2.05) is 0 Å². The second kappa shape index (κ2) is 8.38. The minimum atomic E-state index is -0.576. The van der Waals surface area contributed by atoms with Gasteiger partial charge in [-0.15, -0.1) is 0 Å². The minimum Gasteiger partial charge on any atom is -0.493 e. The number of methoxy groups -OCH3 is 2. The first-order chi connectivity index (χ1) is 15.4. The number of benzene rings is 3. The van der Waals surface area contributed by atoms with Gasteiger partial charge >= 0.3 is 5.69 Å². The first-order valence-electron chi connectivity index (χ1n) is 9.65. The molecule has 1 aromatic heterocycles. The Morgan fingerprint density at radius 1 is 0.906 bits per heavy atom. The molecule has 0 aliphatic carbocycles. The van der Waals surface area contributed by atoms with Crippen LogP contribution in [-0.4, -0.2) is 28.3 Å². The van der Waals surface area contributed by atoms with E-state index in [9.17, 15) is 19.7 Å². The van der Waals surface area contributed by atoms with Gasteiger partial charge in [0.25, 0.3) is 11.2 Å². The fraction of sp³-hybridized carbons (Fsp3) is 0.130. The Labute approximate surface area is 181 Å². The lowest BCUT2D eigenvalue weighted by Crippen LogP contribution is -2.39. The smallest absolute Gasteiger partial charge is 0.336 e. The largest absolute Gasteiger partial charge is 0.493 e. The highest BCUT2D eigenvalue weighted by Crippen LogP contribution is 2.28. The van der Waals surface area contributed by atoms with Gasteiger partial charge in [-0.05, 0) is 29.8 Å². The van der Waals surface area contributed by atoms with Gasteiger partial charge in [-0.3, -0.25) is 19.5 Å². The summed E-state index contributed by atoms with van der Waals surface area (Å²) in [6.07, 6.45) is 0. The average Bonchev–Trinajstić information content (AvgIpc) is 2.82. The molecular weight excluding hydrogens is 414 g/mol. The van der Waals surface area contributed by atoms with Gasteiger partial charge in [-0.25, -0.2) is 9.36 Å². The van der Waals surface area contributed by atoms with Crippen molar-refractivity contribution >= 4 is 16.6 Å². The number of hydrogen-bond acceptors (Lipinski definition) is 6. The molecule has 0 unspecified atom stereocenters. The molecule has 32 heavy (non-hydrogen) atoms. The highest BCUT2D eigenvalue weighted by molar-refractivity contribution is 5.78. The number of aromatic nitrogens is 2. The quantitative estimate of drug-likeness (QED) is 0.342. The molecule has 0 aliphatic rings. The minimum absolute atomic E-state index is 0.0502. The van der Waals surface area contributed by atoms with E-state index in [2.05, 4.69) is 0 Å². The molecule has 0 radical (unpaired) electrons. The maximum absolute atomic E-state index is 13.5. The standard InChI is InChI=1S/C23H19N3O6/c1-31-20-11-10-16(13-21(20)32-2)25-22(27)18-8-3-4-9-19(18)24(23(25)28)14-15-6-5-7-17(12-15)26(29)30/h3-13H,14H2,1-2H3. The Balaban J connectivity index is 1.97. The summed E-state index contributed by atoms with van der Waals surface area (Å²) in [5.41, 5.74) is 0.180. The van der Waals surface area contributed by atoms with Crippen molar-refractivity contribution in [3.05, 3.63) is 103 Å². The Kier molecular flexibility index (Phi) is 5.46. The number of non-ortho nitro benzene ring substituents is 1. The van der Waals surface area contributed by atoms with Gasteiger partial charge in [0.15, 0.2) is 11.5 Å². The van der Waals surface area contributed by atoms with Crippen molar-refractivity contribution in [3.8, 4) is 17.2 Å². The maximum atomic E-state index is 13.5. The summed E-state index contributed by atoms with van der Waals surface area (Å²) in [5, 5.41) is 11.5. The van der Waals surface area contributed by atoms with Crippen molar-refractivity contribution in [2.45, 2.75) is 6.54 Å². The van der Waals surface area contributed by atoms with Crippen LogP contribution in [0.15, 0.2) is 76.3 Å². The summed E-state index contributed by atoms with van der Waals surface area (Å²) in [7, 11) is 2.96. The van der Waals surface area contributed by atoms with Crippen LogP contribution in [0.2, 0.25) is 0 Å². The van der Waals surface area contributed by atoms with E-state index in [4.69, 9.17) is 9.47 Å². The summed E-state index contributed by atoms with van der Waals surface area (Å²) in [6, 6.07) is 17.6. The van der Waals surface area contributed by atoms with Gasteiger partial charge in [-0.1, -0.05) is 24.3 Å². The van der Waals surface area contributed by atoms with E-state index >= 15 is 0 Å². The summed E-state index contributed by atoms with van der Waals surface area (Å²) in [6.45, 7) is 0.0502. The molecule has 0 N–H and O–H groups in total. The number of nitro benzene ring substituents is 1. The molecule has 0 aliphatic heterocycles. The molecule has 162 valence electrons. The number of rotatable bonds is 6. The highest BCUT2D eigenvalue weighted by atomic mass is 16.6. The van der Waals surface area contributed by atoms with Crippen molar-refractivity contribution in [2.24, 2.45) is 0 Å². The molecule has 3 aromatic carbocycles. The number of ether oxygens (including phenoxy) is 2. The van der Waals surface area contributed by atoms with E-state index in [1.54, 1.807) is 54.6 Å². The molecule has 9 heteroatoms. The van der Waals surface area contributed by atoms with Gasteiger partial charge < -0.3 is 9.47 Å². The molecule has 9 nitrogen and oxygen atoms in total. The molecule has 0 atom stereocenters. The monoisotopic (exact) mass is 433 g/mol. The van der Waals surface area contributed by atoms with Crippen LogP contribution in [0.4, 0.5) is 5.69 Å². The number of fused-ring (bicyclic) bond motifs is 1. The molecule has 0 amide bonds. The van der Waals surface area contributed by atoms with Crippen molar-refractivity contribution in [1.29, 1.82) is 0 Å². The summed E-state index contributed by atoms with van der Waals surface area (Å²) in [4.78, 5) is 37.4. The van der Waals surface area contributed by atoms with Crippen LogP contribution < -0.4 is 20.7 Å². The van der Waals surface area contributed by atoms with E-state index in [0.717, 1.165) is 4.57 Å². The fourth-order valence-electron chi connectivity index (χ4n) is 3.62. The predicted molar refractivity (Wildman–Crippen MR) is 119 cm³/mol. The van der Waals surface area contributed by atoms with Gasteiger partial charge in [-0.2, -0.15) is 0 Å². The zero-order chi connectivity index (χ0) is 22.8. The Hall–Kier alpha value is -4.40. The summed E-state index contributed by atoms with van der Waals surface area (Å²) < 4.78 is 13.0. The molecular formula is C23H19N3O6. The zero-order valence-corrected chi connectivity index (χ0v) is 17.3. The Bertz CT molecular complexity index is 1450. The first kappa shape index (κ1) is 20.9. The maximum Gasteiger partial charge on any atom is 0.336 e. The van der Waals surface area contributed by atoms with Gasteiger partial charge in [0.2, 0.25) is 0 Å². The van der Waals surface area contributed by atoms with Gasteiger partial charge in [0.05, 0.1) is 42.3 Å². The van der Waals surface area contributed by atoms with Crippen LogP contribution in [0.5, 0.6) is 11.5 Å². The molecule has 0 spiro atoms. The Morgan fingerprint density at radius 3 is 2.38 bits per heavy atom. The zero-order valence-electron chi connectivity index (χ0n) is 17.3. The van der Waals surface area contributed by atoms with E-state index in [0.29, 0.717) is 33.7 Å². The normalized spacial score (nSPS) is 10.8. The average molecular weight is 433 g/mol.